The number of aryl methyl sites for hydroxylation is 1. The number of fused-ring (bicyclic) bond motifs is 1. The molecule has 142 valence electrons. The Balaban J connectivity index is 1.74. The van der Waals surface area contributed by atoms with Gasteiger partial charge in [0.05, 0.1) is 5.39 Å². The smallest absolute Gasteiger partial charge is 0.331 e. The van der Waals surface area contributed by atoms with Gasteiger partial charge in [-0.15, -0.1) is 11.3 Å². The summed E-state index contributed by atoms with van der Waals surface area (Å²) in [5.41, 5.74) is 1.87. The molecular weight excluding hydrogens is 380 g/mol. The van der Waals surface area contributed by atoms with Crippen molar-refractivity contribution < 1.29 is 9.53 Å². The van der Waals surface area contributed by atoms with Crippen LogP contribution in [0.3, 0.4) is 0 Å². The van der Waals surface area contributed by atoms with E-state index in [1.54, 1.807) is 17.4 Å². The maximum atomic E-state index is 12.6. The Bertz CT molecular complexity index is 1020. The van der Waals surface area contributed by atoms with Crippen molar-refractivity contribution in [2.75, 3.05) is 0 Å². The highest BCUT2D eigenvalue weighted by Gasteiger charge is 2.17. The number of nitrogens with one attached hydrogen (secondary N) is 1. The molecule has 3 rings (SSSR count). The maximum absolute atomic E-state index is 12.6. The lowest BCUT2D eigenvalue weighted by Crippen LogP contribution is -2.14. The normalized spacial score (nSPS) is 12.7. The summed E-state index contributed by atoms with van der Waals surface area (Å²) in [6.07, 6.45) is 5.00. The van der Waals surface area contributed by atoms with Gasteiger partial charge in [0.1, 0.15) is 17.3 Å². The molecule has 0 aromatic carbocycles. The average molecular weight is 403 g/mol. The molecule has 1 atom stereocenters. The predicted molar refractivity (Wildman–Crippen MR) is 111 cm³/mol. The Morgan fingerprint density at radius 1 is 1.44 bits per heavy atom. The first-order chi connectivity index (χ1) is 13.0. The van der Waals surface area contributed by atoms with Crippen LogP contribution < -0.4 is 5.56 Å². The fourth-order valence-electron chi connectivity index (χ4n) is 2.75. The summed E-state index contributed by atoms with van der Waals surface area (Å²) < 4.78 is 5.20. The molecule has 1 N–H and O–H groups in total. The van der Waals surface area contributed by atoms with Crippen molar-refractivity contribution >= 4 is 44.9 Å². The van der Waals surface area contributed by atoms with Crippen molar-refractivity contribution in [3.63, 3.8) is 0 Å². The highest BCUT2D eigenvalue weighted by atomic mass is 32.1. The minimum absolute atomic E-state index is 0.0599. The molecule has 3 aromatic rings. The summed E-state index contributed by atoms with van der Waals surface area (Å²) in [5.74, 6) is 0.404. The predicted octanol–water partition coefficient (Wildman–Crippen LogP) is 4.70. The Hall–Kier alpha value is -2.25. The van der Waals surface area contributed by atoms with Crippen LogP contribution in [0.4, 0.5) is 0 Å². The third kappa shape index (κ3) is 4.73. The van der Waals surface area contributed by atoms with Gasteiger partial charge in [-0.3, -0.25) is 4.79 Å². The molecule has 0 radical (unpaired) electrons. The topological polar surface area (TPSA) is 72.0 Å². The lowest BCUT2D eigenvalue weighted by molar-refractivity contribution is -0.139. The molecule has 0 aliphatic carbocycles. The molecule has 0 aliphatic rings. The van der Waals surface area contributed by atoms with Crippen LogP contribution in [-0.2, 0) is 22.6 Å². The van der Waals surface area contributed by atoms with Crippen molar-refractivity contribution in [1.29, 1.82) is 0 Å². The van der Waals surface area contributed by atoms with E-state index in [0.717, 1.165) is 28.8 Å². The van der Waals surface area contributed by atoms with Crippen molar-refractivity contribution in [3.05, 3.63) is 55.1 Å². The Labute approximate surface area is 165 Å². The number of thiophene rings is 2. The summed E-state index contributed by atoms with van der Waals surface area (Å²) in [6.45, 7) is 6.30. The molecular formula is C20H22N2O3S2. The number of esters is 1. The quantitative estimate of drug-likeness (QED) is 0.459. The van der Waals surface area contributed by atoms with Gasteiger partial charge in [0, 0.05) is 11.0 Å². The second kappa shape index (κ2) is 8.63. The fraction of sp³-hybridized carbons (Fsp3) is 0.350. The van der Waals surface area contributed by atoms with Gasteiger partial charge in [0.2, 0.25) is 0 Å². The second-order valence-electron chi connectivity index (χ2n) is 6.54. The van der Waals surface area contributed by atoms with Gasteiger partial charge >= 0.3 is 5.97 Å². The summed E-state index contributed by atoms with van der Waals surface area (Å²) in [5, 5.41) is 4.55. The van der Waals surface area contributed by atoms with E-state index in [1.165, 1.54) is 17.4 Å². The van der Waals surface area contributed by atoms with Gasteiger partial charge in [-0.25, -0.2) is 9.78 Å². The van der Waals surface area contributed by atoms with Crippen LogP contribution >= 0.6 is 22.7 Å². The standard InChI is InChI=1S/C20H22N2O3S2/c1-4-12(2)9-15-13(3)27-20-18(15)19(24)21-16(22-20)10-25-17(23)6-5-14-7-8-26-11-14/h5-8,11-12H,4,9-10H2,1-3H3,(H,21,22,24)/b6-5+/t12-/m1/s1. The van der Waals surface area contributed by atoms with Crippen molar-refractivity contribution in [2.24, 2.45) is 5.92 Å². The number of ether oxygens (including phenoxy) is 1. The molecule has 0 fully saturated rings. The number of H-pyrrole nitrogens is 1. The first-order valence-corrected chi connectivity index (χ1v) is 10.6. The van der Waals surface area contributed by atoms with Crippen LogP contribution in [0, 0.1) is 12.8 Å². The van der Waals surface area contributed by atoms with Crippen LogP contribution in [0.5, 0.6) is 0 Å². The molecule has 0 saturated carbocycles. The van der Waals surface area contributed by atoms with Gasteiger partial charge in [-0.1, -0.05) is 20.3 Å². The monoisotopic (exact) mass is 402 g/mol. The number of nitrogens with zero attached hydrogens (tertiary/aromatic N) is 1. The third-order valence-corrected chi connectivity index (χ3v) is 6.21. The molecule has 0 aliphatic heterocycles. The van der Waals surface area contributed by atoms with Gasteiger partial charge in [-0.2, -0.15) is 11.3 Å². The van der Waals surface area contributed by atoms with E-state index in [1.807, 2.05) is 23.8 Å². The first-order valence-electron chi connectivity index (χ1n) is 8.86. The van der Waals surface area contributed by atoms with E-state index in [4.69, 9.17) is 4.74 Å². The summed E-state index contributed by atoms with van der Waals surface area (Å²) in [6, 6.07) is 1.91. The minimum atomic E-state index is -0.469. The molecule has 3 aromatic heterocycles. The average Bonchev–Trinajstić information content (AvgIpc) is 3.26. The molecule has 0 bridgehead atoms. The van der Waals surface area contributed by atoms with Crippen molar-refractivity contribution in [1.82, 2.24) is 9.97 Å². The summed E-state index contributed by atoms with van der Waals surface area (Å²) in [7, 11) is 0. The molecule has 7 heteroatoms. The highest BCUT2D eigenvalue weighted by Crippen LogP contribution is 2.29. The molecule has 3 heterocycles. The molecule has 0 unspecified atom stereocenters. The van der Waals surface area contributed by atoms with Crippen LogP contribution in [0.2, 0.25) is 0 Å². The number of rotatable bonds is 7. The van der Waals surface area contributed by atoms with Crippen LogP contribution in [0.25, 0.3) is 16.3 Å². The number of aromatic nitrogens is 2. The van der Waals surface area contributed by atoms with E-state index >= 15 is 0 Å². The number of carbonyl (C=O) groups is 1. The third-order valence-electron chi connectivity index (χ3n) is 4.47. The van der Waals surface area contributed by atoms with Gasteiger partial charge in [-0.05, 0) is 53.3 Å². The lowest BCUT2D eigenvalue weighted by Gasteiger charge is -2.08. The lowest BCUT2D eigenvalue weighted by atomic mass is 9.98. The molecule has 0 saturated heterocycles. The number of hydrogen-bond donors (Lipinski definition) is 1. The SMILES string of the molecule is CC[C@@H](C)Cc1c(C)sc2nc(COC(=O)/C=C/c3ccsc3)[nH]c(=O)c12. The van der Waals surface area contributed by atoms with E-state index in [0.29, 0.717) is 22.0 Å². The zero-order valence-electron chi connectivity index (χ0n) is 15.6. The molecule has 27 heavy (non-hydrogen) atoms. The number of aromatic amines is 1. The molecule has 5 nitrogen and oxygen atoms in total. The van der Waals surface area contributed by atoms with E-state index < -0.39 is 5.97 Å². The first kappa shape index (κ1) is 19.5. The Morgan fingerprint density at radius 2 is 2.26 bits per heavy atom. The van der Waals surface area contributed by atoms with Crippen LogP contribution in [0.1, 0.15) is 42.1 Å². The fourth-order valence-corrected chi connectivity index (χ4v) is 4.45. The summed E-state index contributed by atoms with van der Waals surface area (Å²) >= 11 is 3.08. The Morgan fingerprint density at radius 3 is 2.96 bits per heavy atom. The number of hydrogen-bond acceptors (Lipinski definition) is 6. The number of carbonyl (C=O) groups excluding carboxylic acids is 1. The highest BCUT2D eigenvalue weighted by molar-refractivity contribution is 7.18. The second-order valence-corrected chi connectivity index (χ2v) is 8.53. The maximum Gasteiger partial charge on any atom is 0.331 e. The molecule has 0 amide bonds. The van der Waals surface area contributed by atoms with E-state index in [9.17, 15) is 9.59 Å². The zero-order valence-corrected chi connectivity index (χ0v) is 17.2. The van der Waals surface area contributed by atoms with E-state index in [-0.39, 0.29) is 12.2 Å². The van der Waals surface area contributed by atoms with Gasteiger partial charge < -0.3 is 9.72 Å². The minimum Gasteiger partial charge on any atom is -0.454 e. The Kier molecular flexibility index (Phi) is 6.23. The zero-order chi connectivity index (χ0) is 19.4. The largest absolute Gasteiger partial charge is 0.454 e. The molecule has 0 spiro atoms. The van der Waals surface area contributed by atoms with Gasteiger partial charge in [0.15, 0.2) is 0 Å². The van der Waals surface area contributed by atoms with Crippen molar-refractivity contribution in [3.8, 4) is 0 Å². The van der Waals surface area contributed by atoms with Gasteiger partial charge in [0.25, 0.3) is 5.56 Å². The van der Waals surface area contributed by atoms with E-state index in [2.05, 4.69) is 23.8 Å². The van der Waals surface area contributed by atoms with Crippen LogP contribution in [0.15, 0.2) is 27.7 Å². The van der Waals surface area contributed by atoms with Crippen molar-refractivity contribution in [2.45, 2.75) is 40.2 Å². The van der Waals surface area contributed by atoms with Crippen LogP contribution in [-0.4, -0.2) is 15.9 Å². The summed E-state index contributed by atoms with van der Waals surface area (Å²) in [4.78, 5) is 33.5.